The second-order valence-electron chi connectivity index (χ2n) is 3.85. The number of hydrogen-bond donors (Lipinski definition) is 2. The fourth-order valence-corrected chi connectivity index (χ4v) is 2.81. The highest BCUT2D eigenvalue weighted by molar-refractivity contribution is 8.01. The van der Waals surface area contributed by atoms with Gasteiger partial charge in [0, 0.05) is 0 Å². The zero-order chi connectivity index (χ0) is 12.8. The SMILES string of the molecule is CC(C)[C@H](NC(=O)CSc1cccs1)C(=O)O. The maximum Gasteiger partial charge on any atom is 0.326 e. The molecule has 0 aliphatic rings. The largest absolute Gasteiger partial charge is 0.480 e. The van der Waals surface area contributed by atoms with Gasteiger partial charge in [0.15, 0.2) is 0 Å². The average Bonchev–Trinajstić information content (AvgIpc) is 2.74. The molecule has 1 heterocycles. The van der Waals surface area contributed by atoms with E-state index in [0.717, 1.165) is 4.21 Å². The van der Waals surface area contributed by atoms with Gasteiger partial charge in [0.1, 0.15) is 6.04 Å². The van der Waals surface area contributed by atoms with Crippen molar-refractivity contribution in [3.63, 3.8) is 0 Å². The first-order valence-electron chi connectivity index (χ1n) is 5.19. The summed E-state index contributed by atoms with van der Waals surface area (Å²) in [5.74, 6) is -1.11. The van der Waals surface area contributed by atoms with Gasteiger partial charge in [-0.3, -0.25) is 4.79 Å². The Kier molecular flexibility index (Phi) is 5.50. The van der Waals surface area contributed by atoms with E-state index in [4.69, 9.17) is 5.11 Å². The van der Waals surface area contributed by atoms with Crippen molar-refractivity contribution in [2.24, 2.45) is 5.92 Å². The Morgan fingerprint density at radius 2 is 2.24 bits per heavy atom. The van der Waals surface area contributed by atoms with Crippen molar-refractivity contribution >= 4 is 35.0 Å². The fraction of sp³-hybridized carbons (Fsp3) is 0.455. The Morgan fingerprint density at radius 3 is 2.71 bits per heavy atom. The summed E-state index contributed by atoms with van der Waals surface area (Å²) in [4.78, 5) is 22.5. The van der Waals surface area contributed by atoms with Gasteiger partial charge < -0.3 is 10.4 Å². The van der Waals surface area contributed by atoms with Crippen molar-refractivity contribution in [1.82, 2.24) is 5.32 Å². The lowest BCUT2D eigenvalue weighted by Gasteiger charge is -2.17. The monoisotopic (exact) mass is 273 g/mol. The Bertz CT molecular complexity index is 376. The predicted molar refractivity (Wildman–Crippen MR) is 69.4 cm³/mol. The van der Waals surface area contributed by atoms with E-state index in [1.165, 1.54) is 11.8 Å². The number of thioether (sulfide) groups is 1. The molecular formula is C11H15NO3S2. The van der Waals surface area contributed by atoms with E-state index < -0.39 is 12.0 Å². The minimum Gasteiger partial charge on any atom is -0.480 e. The van der Waals surface area contributed by atoms with Crippen LogP contribution >= 0.6 is 23.1 Å². The Balaban J connectivity index is 2.40. The molecule has 0 fully saturated rings. The molecule has 1 aromatic heterocycles. The van der Waals surface area contributed by atoms with Crippen LogP contribution in [0.25, 0.3) is 0 Å². The maximum absolute atomic E-state index is 11.6. The van der Waals surface area contributed by atoms with Crippen molar-refractivity contribution in [2.75, 3.05) is 5.75 Å². The number of nitrogens with one attached hydrogen (secondary N) is 1. The lowest BCUT2D eigenvalue weighted by molar-refractivity contribution is -0.142. The summed E-state index contributed by atoms with van der Waals surface area (Å²) in [5.41, 5.74) is 0. The molecule has 1 aromatic rings. The molecule has 1 rings (SSSR count). The van der Waals surface area contributed by atoms with Gasteiger partial charge >= 0.3 is 5.97 Å². The number of aliphatic carboxylic acids is 1. The van der Waals surface area contributed by atoms with Crippen molar-refractivity contribution in [1.29, 1.82) is 0 Å². The molecule has 0 bridgehead atoms. The summed E-state index contributed by atoms with van der Waals surface area (Å²) < 4.78 is 1.05. The summed E-state index contributed by atoms with van der Waals surface area (Å²) in [7, 11) is 0. The van der Waals surface area contributed by atoms with Gasteiger partial charge in [-0.05, 0) is 17.4 Å². The van der Waals surface area contributed by atoms with Crippen LogP contribution < -0.4 is 5.32 Å². The second kappa shape index (κ2) is 6.66. The molecule has 0 spiro atoms. The minimum absolute atomic E-state index is 0.122. The Morgan fingerprint density at radius 1 is 1.53 bits per heavy atom. The van der Waals surface area contributed by atoms with Gasteiger partial charge in [-0.2, -0.15) is 0 Å². The molecule has 1 amide bonds. The van der Waals surface area contributed by atoms with Crippen molar-refractivity contribution in [3.8, 4) is 0 Å². The van der Waals surface area contributed by atoms with Crippen LogP contribution in [0, 0.1) is 5.92 Å². The topological polar surface area (TPSA) is 66.4 Å². The molecule has 2 N–H and O–H groups in total. The van der Waals surface area contributed by atoms with Crippen LogP contribution in [0.1, 0.15) is 13.8 Å². The van der Waals surface area contributed by atoms with Crippen molar-refractivity contribution < 1.29 is 14.7 Å². The summed E-state index contributed by atoms with van der Waals surface area (Å²) in [6, 6.07) is 3.03. The zero-order valence-electron chi connectivity index (χ0n) is 9.67. The molecule has 0 saturated heterocycles. The van der Waals surface area contributed by atoms with Gasteiger partial charge in [-0.25, -0.2) is 4.79 Å². The maximum atomic E-state index is 11.6. The highest BCUT2D eigenvalue weighted by Gasteiger charge is 2.23. The molecule has 6 heteroatoms. The summed E-state index contributed by atoms with van der Waals surface area (Å²) in [5, 5.41) is 13.4. The van der Waals surface area contributed by atoms with E-state index in [2.05, 4.69) is 5.32 Å². The molecule has 0 saturated carbocycles. The fourth-order valence-electron chi connectivity index (χ4n) is 1.21. The van der Waals surface area contributed by atoms with Crippen LogP contribution in [0.3, 0.4) is 0 Å². The second-order valence-corrected chi connectivity index (χ2v) is 6.07. The number of hydrogen-bond acceptors (Lipinski definition) is 4. The van der Waals surface area contributed by atoms with Crippen LogP contribution in [-0.4, -0.2) is 28.8 Å². The number of rotatable bonds is 6. The van der Waals surface area contributed by atoms with E-state index in [0.29, 0.717) is 0 Å². The number of carboxylic acid groups (broad SMARTS) is 1. The predicted octanol–water partition coefficient (Wildman–Crippen LogP) is 2.07. The zero-order valence-corrected chi connectivity index (χ0v) is 11.3. The van der Waals surface area contributed by atoms with Gasteiger partial charge in [-0.15, -0.1) is 23.1 Å². The first kappa shape index (κ1) is 14.1. The lowest BCUT2D eigenvalue weighted by Crippen LogP contribution is -2.45. The number of thiophene rings is 1. The normalized spacial score (nSPS) is 12.4. The van der Waals surface area contributed by atoms with E-state index in [1.807, 2.05) is 17.5 Å². The van der Waals surface area contributed by atoms with Crippen LogP contribution in [0.4, 0.5) is 0 Å². The van der Waals surface area contributed by atoms with Gasteiger partial charge in [0.25, 0.3) is 0 Å². The summed E-state index contributed by atoms with van der Waals surface area (Å²) >= 11 is 2.98. The van der Waals surface area contributed by atoms with E-state index >= 15 is 0 Å². The van der Waals surface area contributed by atoms with Crippen LogP contribution in [0.15, 0.2) is 21.7 Å². The molecule has 1 atom stereocenters. The Hall–Kier alpha value is -1.01. The molecular weight excluding hydrogens is 258 g/mol. The van der Waals surface area contributed by atoms with Gasteiger partial charge in [0.2, 0.25) is 5.91 Å². The number of carbonyl (C=O) groups excluding carboxylic acids is 1. The van der Waals surface area contributed by atoms with Gasteiger partial charge in [-0.1, -0.05) is 19.9 Å². The first-order valence-corrected chi connectivity index (χ1v) is 7.05. The molecule has 0 aromatic carbocycles. The number of amides is 1. The molecule has 0 aliphatic carbocycles. The molecule has 17 heavy (non-hydrogen) atoms. The van der Waals surface area contributed by atoms with E-state index in [9.17, 15) is 9.59 Å². The van der Waals surface area contributed by atoms with Crippen LogP contribution in [-0.2, 0) is 9.59 Å². The quantitative estimate of drug-likeness (QED) is 0.779. The van der Waals surface area contributed by atoms with Crippen molar-refractivity contribution in [3.05, 3.63) is 17.5 Å². The van der Waals surface area contributed by atoms with Crippen molar-refractivity contribution in [2.45, 2.75) is 24.1 Å². The first-order chi connectivity index (χ1) is 8.00. The summed E-state index contributed by atoms with van der Waals surface area (Å²) in [6.07, 6.45) is 0. The smallest absolute Gasteiger partial charge is 0.326 e. The third-order valence-corrected chi connectivity index (χ3v) is 4.22. The van der Waals surface area contributed by atoms with Crippen LogP contribution in [0.2, 0.25) is 0 Å². The molecule has 0 aliphatic heterocycles. The highest BCUT2D eigenvalue weighted by Crippen LogP contribution is 2.22. The highest BCUT2D eigenvalue weighted by atomic mass is 32.2. The minimum atomic E-state index is -0.991. The number of carbonyl (C=O) groups is 2. The van der Waals surface area contributed by atoms with E-state index in [-0.39, 0.29) is 17.6 Å². The third-order valence-electron chi connectivity index (χ3n) is 2.09. The summed E-state index contributed by atoms with van der Waals surface area (Å²) in [6.45, 7) is 3.54. The molecule has 0 unspecified atom stereocenters. The standard InChI is InChI=1S/C11H15NO3S2/c1-7(2)10(11(14)15)12-8(13)6-17-9-4-3-5-16-9/h3-5,7,10H,6H2,1-2H3,(H,12,13)(H,14,15)/t10-/m0/s1. The third kappa shape index (κ3) is 4.79. The van der Waals surface area contributed by atoms with E-state index in [1.54, 1.807) is 25.2 Å². The van der Waals surface area contributed by atoms with Gasteiger partial charge in [0.05, 0.1) is 9.96 Å². The Labute approximate surface area is 108 Å². The molecule has 0 radical (unpaired) electrons. The lowest BCUT2D eigenvalue weighted by atomic mass is 10.1. The molecule has 94 valence electrons. The van der Waals surface area contributed by atoms with Crippen LogP contribution in [0.5, 0.6) is 0 Å². The molecule has 4 nitrogen and oxygen atoms in total. The number of carboxylic acids is 1. The average molecular weight is 273 g/mol.